The molecule has 0 saturated carbocycles. The van der Waals surface area contributed by atoms with Crippen LogP contribution in [0.1, 0.15) is 11.1 Å². The van der Waals surface area contributed by atoms with Gasteiger partial charge >= 0.3 is 0 Å². The van der Waals surface area contributed by atoms with E-state index in [1.165, 1.54) is 17.3 Å². The molecule has 0 aliphatic heterocycles. The molecule has 1 heterocycles. The maximum Gasteiger partial charge on any atom is 0.170 e. The molecule has 0 saturated heterocycles. The van der Waals surface area contributed by atoms with E-state index in [-0.39, 0.29) is 0 Å². The van der Waals surface area contributed by atoms with E-state index in [1.807, 2.05) is 42.5 Å². The molecule has 0 radical (unpaired) electrons. The molecule has 0 spiro atoms. The second kappa shape index (κ2) is 7.61. The lowest BCUT2D eigenvalue weighted by molar-refractivity contribution is 0.284. The Labute approximate surface area is 144 Å². The number of nitrogens with zero attached hydrogens (tertiary/aromatic N) is 4. The zero-order valence-electron chi connectivity index (χ0n) is 13.0. The third kappa shape index (κ3) is 3.91. The Kier molecular flexibility index (Phi) is 5.08. The number of aromatic nitrogens is 3. The molecule has 0 amide bonds. The van der Waals surface area contributed by atoms with Crippen molar-refractivity contribution in [1.29, 1.82) is 0 Å². The van der Waals surface area contributed by atoms with E-state index in [4.69, 9.17) is 21.1 Å². The molecule has 3 aromatic rings. The summed E-state index contributed by atoms with van der Waals surface area (Å²) < 4.78 is 12.8. The molecule has 2 aromatic carbocycles. The lowest BCUT2D eigenvalue weighted by Crippen LogP contribution is -2.01. The summed E-state index contributed by atoms with van der Waals surface area (Å²) in [6.07, 6.45) is 4.68. The topological polar surface area (TPSA) is 61.5 Å². The van der Waals surface area contributed by atoms with E-state index in [2.05, 4.69) is 15.3 Å². The van der Waals surface area contributed by atoms with Crippen molar-refractivity contribution < 1.29 is 9.47 Å². The number of methoxy groups -OCH3 is 1. The number of ether oxygens (including phenoxy) is 2. The summed E-state index contributed by atoms with van der Waals surface area (Å²) in [7, 11) is 1.60. The first kappa shape index (κ1) is 16.0. The second-order valence-corrected chi connectivity index (χ2v) is 5.32. The highest BCUT2D eigenvalue weighted by atomic mass is 35.5. The van der Waals surface area contributed by atoms with E-state index >= 15 is 0 Å². The summed E-state index contributed by atoms with van der Waals surface area (Å²) in [5, 5.41) is 12.4. The van der Waals surface area contributed by atoms with Gasteiger partial charge in [0.15, 0.2) is 11.5 Å². The maximum absolute atomic E-state index is 5.96. The number of rotatable bonds is 6. The number of benzene rings is 2. The molecule has 122 valence electrons. The van der Waals surface area contributed by atoms with Crippen molar-refractivity contribution >= 4 is 17.8 Å². The van der Waals surface area contributed by atoms with Crippen molar-refractivity contribution in [3.63, 3.8) is 0 Å². The highest BCUT2D eigenvalue weighted by Crippen LogP contribution is 2.31. The molecule has 0 aliphatic carbocycles. The van der Waals surface area contributed by atoms with Crippen molar-refractivity contribution in [2.75, 3.05) is 7.11 Å². The normalized spacial score (nSPS) is 10.9. The van der Waals surface area contributed by atoms with Gasteiger partial charge in [0.25, 0.3) is 0 Å². The molecule has 0 atom stereocenters. The molecule has 0 aliphatic rings. The molecule has 3 rings (SSSR count). The van der Waals surface area contributed by atoms with Crippen LogP contribution in [0, 0.1) is 0 Å². The van der Waals surface area contributed by atoms with Gasteiger partial charge in [-0.2, -0.15) is 5.10 Å². The molecule has 1 aromatic heterocycles. The number of hydrogen-bond donors (Lipinski definition) is 0. The molecular formula is C17H15ClN4O2. The molecule has 0 bridgehead atoms. The molecule has 6 nitrogen and oxygen atoms in total. The zero-order chi connectivity index (χ0) is 16.8. The Morgan fingerprint density at radius 2 is 1.88 bits per heavy atom. The number of halogens is 1. The predicted octanol–water partition coefficient (Wildman–Crippen LogP) is 3.40. The minimum atomic E-state index is 0.394. The first-order valence-electron chi connectivity index (χ1n) is 7.19. The van der Waals surface area contributed by atoms with Crippen LogP contribution in [0.4, 0.5) is 0 Å². The molecule has 0 fully saturated rings. The molecule has 0 N–H and O–H groups in total. The van der Waals surface area contributed by atoms with E-state index in [0.717, 1.165) is 11.1 Å². The van der Waals surface area contributed by atoms with Gasteiger partial charge in [0.1, 0.15) is 19.3 Å². The van der Waals surface area contributed by atoms with Gasteiger partial charge in [-0.15, -0.1) is 10.2 Å². The van der Waals surface area contributed by atoms with Gasteiger partial charge in [-0.3, -0.25) is 0 Å². The quantitative estimate of drug-likeness (QED) is 0.644. The van der Waals surface area contributed by atoms with Crippen molar-refractivity contribution in [3.05, 3.63) is 71.3 Å². The average molecular weight is 343 g/mol. The third-order valence-corrected chi connectivity index (χ3v) is 3.51. The lowest BCUT2D eigenvalue weighted by Gasteiger charge is -2.13. The van der Waals surface area contributed by atoms with Crippen LogP contribution in [0.3, 0.4) is 0 Å². The summed E-state index contributed by atoms with van der Waals surface area (Å²) in [5.41, 5.74) is 1.80. The smallest absolute Gasteiger partial charge is 0.170 e. The zero-order valence-corrected chi connectivity index (χ0v) is 13.7. The fourth-order valence-corrected chi connectivity index (χ4v) is 2.20. The van der Waals surface area contributed by atoms with E-state index < -0.39 is 0 Å². The van der Waals surface area contributed by atoms with E-state index in [1.54, 1.807) is 13.3 Å². The lowest BCUT2D eigenvalue weighted by atomic mass is 10.2. The summed E-state index contributed by atoms with van der Waals surface area (Å²) >= 11 is 5.90. The SMILES string of the molecule is COc1cccc(/C=N\n2cnnc2)c1OCc1ccc(Cl)cc1. The molecule has 24 heavy (non-hydrogen) atoms. The van der Waals surface area contributed by atoms with Gasteiger partial charge in [0.05, 0.1) is 13.3 Å². The summed E-state index contributed by atoms with van der Waals surface area (Å²) in [6, 6.07) is 13.1. The minimum Gasteiger partial charge on any atom is -0.493 e. The van der Waals surface area contributed by atoms with Crippen LogP contribution in [0.2, 0.25) is 5.02 Å². The average Bonchev–Trinajstić information content (AvgIpc) is 3.13. The summed E-state index contributed by atoms with van der Waals surface area (Å²) in [6.45, 7) is 0.394. The van der Waals surface area contributed by atoms with Gasteiger partial charge in [-0.1, -0.05) is 29.8 Å². The van der Waals surface area contributed by atoms with Gasteiger partial charge < -0.3 is 9.47 Å². The Balaban J connectivity index is 1.83. The largest absolute Gasteiger partial charge is 0.493 e. The predicted molar refractivity (Wildman–Crippen MR) is 91.8 cm³/mol. The monoisotopic (exact) mass is 342 g/mol. The molecule has 7 heteroatoms. The van der Waals surface area contributed by atoms with Crippen LogP contribution < -0.4 is 9.47 Å². The molecule has 0 unspecified atom stereocenters. The Bertz CT molecular complexity index is 817. The first-order valence-corrected chi connectivity index (χ1v) is 7.57. The standard InChI is InChI=1S/C17H15ClN4O2/c1-23-16-4-2-3-14(9-21-22-11-19-20-12-22)17(16)24-10-13-5-7-15(18)8-6-13/h2-9,11-12H,10H2,1H3/b21-9-. The Morgan fingerprint density at radius 3 is 2.58 bits per heavy atom. The molecular weight excluding hydrogens is 328 g/mol. The number of hydrogen-bond acceptors (Lipinski definition) is 5. The highest BCUT2D eigenvalue weighted by molar-refractivity contribution is 6.30. The van der Waals surface area contributed by atoms with Crippen molar-refractivity contribution in [2.45, 2.75) is 6.61 Å². The van der Waals surface area contributed by atoms with E-state index in [9.17, 15) is 0 Å². The fourth-order valence-electron chi connectivity index (χ4n) is 2.07. The Hall–Kier alpha value is -2.86. The van der Waals surface area contributed by atoms with Crippen molar-refractivity contribution in [1.82, 2.24) is 14.9 Å². The maximum atomic E-state index is 5.96. The van der Waals surface area contributed by atoms with Crippen LogP contribution in [-0.2, 0) is 6.61 Å². The third-order valence-electron chi connectivity index (χ3n) is 3.26. The van der Waals surface area contributed by atoms with Gasteiger partial charge in [0.2, 0.25) is 0 Å². The van der Waals surface area contributed by atoms with Crippen molar-refractivity contribution in [3.8, 4) is 11.5 Å². The van der Waals surface area contributed by atoms with Gasteiger partial charge in [-0.25, -0.2) is 4.68 Å². The van der Waals surface area contributed by atoms with Gasteiger partial charge in [-0.05, 0) is 29.8 Å². The first-order chi connectivity index (χ1) is 11.8. The summed E-state index contributed by atoms with van der Waals surface area (Å²) in [4.78, 5) is 0. The second-order valence-electron chi connectivity index (χ2n) is 4.88. The number of para-hydroxylation sites is 1. The van der Waals surface area contributed by atoms with Crippen LogP contribution in [0.15, 0.2) is 60.2 Å². The van der Waals surface area contributed by atoms with E-state index in [0.29, 0.717) is 23.1 Å². The highest BCUT2D eigenvalue weighted by Gasteiger charge is 2.09. The van der Waals surface area contributed by atoms with Crippen molar-refractivity contribution in [2.24, 2.45) is 5.10 Å². The van der Waals surface area contributed by atoms with Crippen LogP contribution in [-0.4, -0.2) is 28.2 Å². The minimum absolute atomic E-state index is 0.394. The van der Waals surface area contributed by atoms with Crippen LogP contribution in [0.5, 0.6) is 11.5 Å². The fraction of sp³-hybridized carbons (Fsp3) is 0.118. The van der Waals surface area contributed by atoms with Crippen LogP contribution >= 0.6 is 11.6 Å². The van der Waals surface area contributed by atoms with Crippen LogP contribution in [0.25, 0.3) is 0 Å². The Morgan fingerprint density at radius 1 is 1.12 bits per heavy atom. The summed E-state index contributed by atoms with van der Waals surface area (Å²) in [5.74, 6) is 1.25. The van der Waals surface area contributed by atoms with Gasteiger partial charge in [0, 0.05) is 10.6 Å².